The van der Waals surface area contributed by atoms with Crippen LogP contribution in [0.3, 0.4) is 0 Å². The van der Waals surface area contributed by atoms with E-state index >= 15 is 0 Å². The van der Waals surface area contributed by atoms with Crippen LogP contribution in [0.15, 0.2) is 53.7 Å². The van der Waals surface area contributed by atoms with Gasteiger partial charge < -0.3 is 5.11 Å². The lowest BCUT2D eigenvalue weighted by atomic mass is 10.2. The van der Waals surface area contributed by atoms with Crippen molar-refractivity contribution < 1.29 is 13.5 Å². The molecule has 0 saturated carbocycles. The van der Waals surface area contributed by atoms with E-state index < -0.39 is 10.0 Å². The van der Waals surface area contributed by atoms with Gasteiger partial charge in [-0.1, -0.05) is 11.8 Å². The first kappa shape index (κ1) is 15.0. The average Bonchev–Trinajstić information content (AvgIpc) is 2.49. The van der Waals surface area contributed by atoms with Gasteiger partial charge in [0.15, 0.2) is 0 Å². The summed E-state index contributed by atoms with van der Waals surface area (Å²) in [7, 11) is -3.63. The minimum atomic E-state index is -3.63. The number of nitrogens with zero attached hydrogens (tertiary/aromatic N) is 1. The highest BCUT2D eigenvalue weighted by Gasteiger charge is 2.13. The molecular formula is C15H14N2O3S. The molecule has 108 valence electrons. The van der Waals surface area contributed by atoms with E-state index in [1.807, 2.05) is 0 Å². The van der Waals surface area contributed by atoms with Crippen molar-refractivity contribution in [2.24, 2.45) is 0 Å². The lowest BCUT2D eigenvalue weighted by molar-refractivity contribution is 0.305. The molecule has 1 heterocycles. The van der Waals surface area contributed by atoms with Crippen molar-refractivity contribution in [3.8, 4) is 11.8 Å². The number of hydrogen-bond acceptors (Lipinski definition) is 4. The number of nitrogens with one attached hydrogen (secondary N) is 1. The van der Waals surface area contributed by atoms with E-state index in [9.17, 15) is 8.42 Å². The standard InChI is InChI=1S/C15H14N2O3S/c18-11-2-1-4-13-6-8-15(9-7-13)21(19,20)17-14-5-3-10-16-12-14/h3,5-10,12,17-18H,2,11H2. The maximum atomic E-state index is 12.2. The van der Waals surface area contributed by atoms with E-state index in [1.165, 1.54) is 18.3 Å². The Morgan fingerprint density at radius 2 is 1.95 bits per heavy atom. The summed E-state index contributed by atoms with van der Waals surface area (Å²) in [5.74, 6) is 5.61. The van der Waals surface area contributed by atoms with Crippen molar-refractivity contribution in [1.82, 2.24) is 4.98 Å². The number of rotatable bonds is 4. The number of anilines is 1. The largest absolute Gasteiger partial charge is 0.395 e. The van der Waals surface area contributed by atoms with Crippen LogP contribution >= 0.6 is 0 Å². The van der Waals surface area contributed by atoms with Crippen molar-refractivity contribution in [2.75, 3.05) is 11.3 Å². The van der Waals surface area contributed by atoms with Crippen molar-refractivity contribution in [2.45, 2.75) is 11.3 Å². The quantitative estimate of drug-likeness (QED) is 0.841. The molecule has 0 spiro atoms. The van der Waals surface area contributed by atoms with Gasteiger partial charge in [-0.3, -0.25) is 9.71 Å². The summed E-state index contributed by atoms with van der Waals surface area (Å²) in [5, 5.41) is 8.64. The SMILES string of the molecule is O=S(=O)(Nc1cccnc1)c1ccc(C#CCCO)cc1. The van der Waals surface area contributed by atoms with Crippen molar-refractivity contribution in [3.05, 3.63) is 54.4 Å². The molecule has 0 aliphatic rings. The fraction of sp³-hybridized carbons (Fsp3) is 0.133. The second-order valence-electron chi connectivity index (χ2n) is 4.15. The molecule has 5 nitrogen and oxygen atoms in total. The van der Waals surface area contributed by atoms with Crippen LogP contribution < -0.4 is 4.72 Å². The van der Waals surface area contributed by atoms with E-state index in [4.69, 9.17) is 5.11 Å². The molecule has 0 atom stereocenters. The van der Waals surface area contributed by atoms with Crippen LogP contribution in [0.2, 0.25) is 0 Å². The summed E-state index contributed by atoms with van der Waals surface area (Å²) >= 11 is 0. The molecule has 0 radical (unpaired) electrons. The fourth-order valence-electron chi connectivity index (χ4n) is 1.58. The van der Waals surface area contributed by atoms with E-state index in [0.29, 0.717) is 17.7 Å². The predicted octanol–water partition coefficient (Wildman–Crippen LogP) is 1.62. The van der Waals surface area contributed by atoms with Gasteiger partial charge in [-0.2, -0.15) is 0 Å². The molecule has 0 amide bonds. The fourth-order valence-corrected chi connectivity index (χ4v) is 2.62. The van der Waals surface area contributed by atoms with Gasteiger partial charge in [-0.15, -0.1) is 0 Å². The molecule has 1 aromatic carbocycles. The van der Waals surface area contributed by atoms with Crippen molar-refractivity contribution in [3.63, 3.8) is 0 Å². The molecule has 0 bridgehead atoms. The Morgan fingerprint density at radius 1 is 1.19 bits per heavy atom. The number of aromatic nitrogens is 1. The Balaban J connectivity index is 2.16. The predicted molar refractivity (Wildman–Crippen MR) is 80.1 cm³/mol. The molecule has 0 unspecified atom stereocenters. The second-order valence-corrected chi connectivity index (χ2v) is 5.83. The molecule has 0 fully saturated rings. The zero-order valence-corrected chi connectivity index (χ0v) is 12.0. The molecule has 21 heavy (non-hydrogen) atoms. The van der Waals surface area contributed by atoms with Crippen LogP contribution in [-0.2, 0) is 10.0 Å². The van der Waals surface area contributed by atoms with Crippen LogP contribution in [0.4, 0.5) is 5.69 Å². The lowest BCUT2D eigenvalue weighted by Gasteiger charge is -2.07. The molecule has 2 N–H and O–H groups in total. The number of sulfonamides is 1. The third kappa shape index (κ3) is 4.31. The zero-order chi connectivity index (χ0) is 15.1. The highest BCUT2D eigenvalue weighted by atomic mass is 32.2. The maximum Gasteiger partial charge on any atom is 0.261 e. The van der Waals surface area contributed by atoms with Gasteiger partial charge in [-0.25, -0.2) is 8.42 Å². The van der Waals surface area contributed by atoms with Crippen molar-refractivity contribution >= 4 is 15.7 Å². The highest BCUT2D eigenvalue weighted by Crippen LogP contribution is 2.15. The number of aliphatic hydroxyl groups is 1. The van der Waals surface area contributed by atoms with Crippen LogP contribution in [0, 0.1) is 11.8 Å². The van der Waals surface area contributed by atoms with E-state index in [-0.39, 0.29) is 11.5 Å². The van der Waals surface area contributed by atoms with Gasteiger partial charge in [0, 0.05) is 18.2 Å². The normalized spacial score (nSPS) is 10.5. The molecule has 2 rings (SSSR count). The number of pyridine rings is 1. The first-order chi connectivity index (χ1) is 10.1. The minimum absolute atomic E-state index is 0.00843. The van der Waals surface area contributed by atoms with Crippen LogP contribution in [0.25, 0.3) is 0 Å². The Kier molecular flexibility index (Phi) is 4.93. The average molecular weight is 302 g/mol. The van der Waals surface area contributed by atoms with Crippen LogP contribution in [0.1, 0.15) is 12.0 Å². The van der Waals surface area contributed by atoms with Gasteiger partial charge in [0.25, 0.3) is 10.0 Å². The second kappa shape index (κ2) is 6.88. The van der Waals surface area contributed by atoms with Crippen LogP contribution in [0.5, 0.6) is 0 Å². The summed E-state index contributed by atoms with van der Waals surface area (Å²) in [4.78, 5) is 4.00. The summed E-state index contributed by atoms with van der Waals surface area (Å²) in [6, 6.07) is 9.50. The molecule has 1 aromatic heterocycles. The molecule has 2 aromatic rings. The third-order valence-corrected chi connectivity index (χ3v) is 3.95. The molecule has 0 aliphatic heterocycles. The summed E-state index contributed by atoms with van der Waals surface area (Å²) in [6.07, 6.45) is 3.40. The topological polar surface area (TPSA) is 79.3 Å². The van der Waals surface area contributed by atoms with Gasteiger partial charge in [0.05, 0.1) is 23.4 Å². The van der Waals surface area contributed by atoms with E-state index in [2.05, 4.69) is 21.5 Å². The Hall–Kier alpha value is -2.36. The summed E-state index contributed by atoms with van der Waals surface area (Å²) in [6.45, 7) is 0.00843. The highest BCUT2D eigenvalue weighted by molar-refractivity contribution is 7.92. The summed E-state index contributed by atoms with van der Waals surface area (Å²) < 4.78 is 26.8. The van der Waals surface area contributed by atoms with Gasteiger partial charge >= 0.3 is 0 Å². The van der Waals surface area contributed by atoms with Crippen molar-refractivity contribution in [1.29, 1.82) is 0 Å². The Bertz CT molecular complexity index is 745. The lowest BCUT2D eigenvalue weighted by Crippen LogP contribution is -2.12. The van der Waals surface area contributed by atoms with E-state index in [1.54, 1.807) is 30.5 Å². The number of benzene rings is 1. The zero-order valence-electron chi connectivity index (χ0n) is 11.2. The smallest absolute Gasteiger partial charge is 0.261 e. The first-order valence-corrected chi connectivity index (χ1v) is 7.73. The molecule has 6 heteroatoms. The molecule has 0 aliphatic carbocycles. The third-order valence-electron chi connectivity index (χ3n) is 2.55. The Labute approximate surface area is 123 Å². The van der Waals surface area contributed by atoms with Gasteiger partial charge in [0.2, 0.25) is 0 Å². The molecule has 0 saturated heterocycles. The summed E-state index contributed by atoms with van der Waals surface area (Å²) in [5.41, 5.74) is 1.10. The van der Waals surface area contributed by atoms with E-state index in [0.717, 1.165) is 0 Å². The van der Waals surface area contributed by atoms with Crippen LogP contribution in [-0.4, -0.2) is 25.1 Å². The Morgan fingerprint density at radius 3 is 2.57 bits per heavy atom. The molecular weight excluding hydrogens is 288 g/mol. The number of hydrogen-bond donors (Lipinski definition) is 2. The van der Waals surface area contributed by atoms with Gasteiger partial charge in [-0.05, 0) is 36.4 Å². The first-order valence-electron chi connectivity index (χ1n) is 6.24. The minimum Gasteiger partial charge on any atom is -0.395 e. The number of aliphatic hydroxyl groups excluding tert-OH is 1. The van der Waals surface area contributed by atoms with Gasteiger partial charge in [0.1, 0.15) is 0 Å². The monoisotopic (exact) mass is 302 g/mol. The maximum absolute atomic E-state index is 12.2.